The Morgan fingerprint density at radius 1 is 1.03 bits per heavy atom. The smallest absolute Gasteiger partial charge is 0.416 e. The molecule has 1 saturated heterocycles. The van der Waals surface area contributed by atoms with E-state index in [1.807, 2.05) is 0 Å². The number of carbonyl (C=O) groups excluding carboxylic acids is 3. The van der Waals surface area contributed by atoms with Crippen molar-refractivity contribution >= 4 is 29.4 Å². The summed E-state index contributed by atoms with van der Waals surface area (Å²) in [5, 5.41) is 11.4. The van der Waals surface area contributed by atoms with Crippen LogP contribution >= 0.6 is 0 Å². The second-order valence-corrected chi connectivity index (χ2v) is 8.08. The molecule has 2 aromatic carbocycles. The molecule has 0 aliphatic carbocycles. The summed E-state index contributed by atoms with van der Waals surface area (Å²) in [7, 11) is 0. The predicted octanol–water partition coefficient (Wildman–Crippen LogP) is 2.84. The monoisotopic (exact) mass is 475 g/mol. The number of aliphatic carboxylic acids is 1. The van der Waals surface area contributed by atoms with Crippen molar-refractivity contribution in [2.45, 2.75) is 25.1 Å². The van der Waals surface area contributed by atoms with E-state index < -0.39 is 41.5 Å². The van der Waals surface area contributed by atoms with Gasteiger partial charge in [-0.1, -0.05) is 18.2 Å². The maximum atomic E-state index is 13.3. The third kappa shape index (κ3) is 4.59. The number of halogens is 3. The summed E-state index contributed by atoms with van der Waals surface area (Å²) in [6.45, 7) is 0.115. The number of piperazine rings is 1. The molecule has 34 heavy (non-hydrogen) atoms. The molecule has 2 heterocycles. The Bertz CT molecular complexity index is 1180. The van der Waals surface area contributed by atoms with Crippen LogP contribution in [-0.2, 0) is 20.6 Å². The van der Waals surface area contributed by atoms with Crippen LogP contribution < -0.4 is 5.32 Å². The Morgan fingerprint density at radius 2 is 1.76 bits per heavy atom. The van der Waals surface area contributed by atoms with E-state index in [0.717, 1.165) is 12.1 Å². The fourth-order valence-electron chi connectivity index (χ4n) is 4.10. The summed E-state index contributed by atoms with van der Waals surface area (Å²) in [6.07, 6.45) is -5.06. The first-order valence-corrected chi connectivity index (χ1v) is 10.5. The molecule has 0 aromatic heterocycles. The second-order valence-electron chi connectivity index (χ2n) is 8.08. The van der Waals surface area contributed by atoms with Crippen molar-refractivity contribution in [1.82, 2.24) is 9.80 Å². The highest BCUT2D eigenvalue weighted by Crippen LogP contribution is 2.34. The summed E-state index contributed by atoms with van der Waals surface area (Å²) >= 11 is 0. The number of nitrogens with one attached hydrogen (secondary N) is 1. The molecule has 2 aromatic rings. The molecule has 2 N–H and O–H groups in total. The molecule has 3 amide bonds. The number of amides is 3. The Balaban J connectivity index is 1.60. The number of alkyl halides is 3. The second kappa shape index (κ2) is 8.81. The largest absolute Gasteiger partial charge is 0.481 e. The van der Waals surface area contributed by atoms with Gasteiger partial charge in [0.1, 0.15) is 6.04 Å². The Morgan fingerprint density at radius 3 is 2.47 bits per heavy atom. The van der Waals surface area contributed by atoms with E-state index in [4.69, 9.17) is 5.11 Å². The predicted molar refractivity (Wildman–Crippen MR) is 114 cm³/mol. The topological polar surface area (TPSA) is 107 Å². The molecule has 0 unspecified atom stereocenters. The van der Waals surface area contributed by atoms with Crippen LogP contribution in [0.1, 0.15) is 28.8 Å². The first kappa shape index (κ1) is 23.3. The number of nitrogens with zero attached hydrogens (tertiary/aromatic N) is 2. The van der Waals surface area contributed by atoms with Crippen molar-refractivity contribution in [3.8, 4) is 11.1 Å². The highest BCUT2D eigenvalue weighted by atomic mass is 19.4. The van der Waals surface area contributed by atoms with Crippen LogP contribution in [-0.4, -0.2) is 64.3 Å². The maximum Gasteiger partial charge on any atom is 0.416 e. The van der Waals surface area contributed by atoms with Gasteiger partial charge in [0.25, 0.3) is 5.91 Å². The maximum absolute atomic E-state index is 13.3. The van der Waals surface area contributed by atoms with Crippen LogP contribution in [0.5, 0.6) is 0 Å². The molecule has 8 nitrogen and oxygen atoms in total. The van der Waals surface area contributed by atoms with Gasteiger partial charge in [-0.15, -0.1) is 0 Å². The molecule has 0 bridgehead atoms. The quantitative estimate of drug-likeness (QED) is 0.707. The third-order valence-electron chi connectivity index (χ3n) is 5.88. The minimum absolute atomic E-state index is 0.0585. The minimum atomic E-state index is -4.51. The van der Waals surface area contributed by atoms with Crippen molar-refractivity contribution in [1.29, 1.82) is 0 Å². The summed E-state index contributed by atoms with van der Waals surface area (Å²) in [5.41, 5.74) is 0.198. The van der Waals surface area contributed by atoms with Gasteiger partial charge in [0.15, 0.2) is 0 Å². The molecule has 11 heteroatoms. The number of hydrogen-bond donors (Lipinski definition) is 2. The van der Waals surface area contributed by atoms with E-state index in [2.05, 4.69) is 5.32 Å². The van der Waals surface area contributed by atoms with Crippen molar-refractivity contribution < 1.29 is 37.5 Å². The molecular formula is C23H20F3N3O5. The lowest BCUT2D eigenvalue weighted by molar-refractivity contribution is -0.142. The number of carboxylic acids is 1. The number of carbonyl (C=O) groups is 4. The standard InChI is InChI=1S/C23H20F3N3O5/c24-23(25,26)15-3-1-2-13(10-15)14-4-5-17-16(11-14)22(34)29-9-8-28(12-18(29)21(33)27-17)19(30)6-7-20(31)32/h1-5,10-11,18H,6-9,12H2,(H,27,33)(H,31,32)/t18-/m0/s1. The zero-order valence-electron chi connectivity index (χ0n) is 17.8. The average Bonchev–Trinajstić information content (AvgIpc) is 2.91. The van der Waals surface area contributed by atoms with Crippen molar-refractivity contribution in [2.75, 3.05) is 25.0 Å². The van der Waals surface area contributed by atoms with Gasteiger partial charge in [-0.3, -0.25) is 19.2 Å². The van der Waals surface area contributed by atoms with Crippen LogP contribution in [0.2, 0.25) is 0 Å². The molecule has 1 atom stereocenters. The van der Waals surface area contributed by atoms with Gasteiger partial charge in [0.05, 0.1) is 29.8 Å². The number of rotatable bonds is 4. The fraction of sp³-hybridized carbons (Fsp3) is 0.304. The molecule has 2 aliphatic rings. The van der Waals surface area contributed by atoms with Gasteiger partial charge in [-0.25, -0.2) is 0 Å². The normalized spacial score (nSPS) is 18.0. The summed E-state index contributed by atoms with van der Waals surface area (Å²) in [5.74, 6) is -2.52. The van der Waals surface area contributed by atoms with E-state index in [-0.39, 0.29) is 49.3 Å². The van der Waals surface area contributed by atoms with E-state index in [1.54, 1.807) is 0 Å². The van der Waals surface area contributed by atoms with Crippen LogP contribution in [0.15, 0.2) is 42.5 Å². The molecule has 0 radical (unpaired) electrons. The van der Waals surface area contributed by atoms with Crippen molar-refractivity contribution in [2.24, 2.45) is 0 Å². The van der Waals surface area contributed by atoms with E-state index >= 15 is 0 Å². The molecule has 0 spiro atoms. The number of anilines is 1. The third-order valence-corrected chi connectivity index (χ3v) is 5.88. The van der Waals surface area contributed by atoms with Gasteiger partial charge < -0.3 is 20.2 Å². The van der Waals surface area contributed by atoms with Crippen LogP contribution in [0.3, 0.4) is 0 Å². The highest BCUT2D eigenvalue weighted by Gasteiger charge is 2.40. The van der Waals surface area contributed by atoms with E-state index in [1.165, 1.54) is 40.1 Å². The summed E-state index contributed by atoms with van der Waals surface area (Å²) in [6, 6.07) is 8.19. The number of carboxylic acid groups (broad SMARTS) is 1. The fourth-order valence-corrected chi connectivity index (χ4v) is 4.10. The van der Waals surface area contributed by atoms with Crippen LogP contribution in [0.25, 0.3) is 11.1 Å². The Labute approximate surface area is 191 Å². The number of hydrogen-bond acceptors (Lipinski definition) is 4. The van der Waals surface area contributed by atoms with Crippen molar-refractivity contribution in [3.63, 3.8) is 0 Å². The van der Waals surface area contributed by atoms with Gasteiger partial charge in [-0.2, -0.15) is 13.2 Å². The average molecular weight is 475 g/mol. The highest BCUT2D eigenvalue weighted by molar-refractivity contribution is 6.10. The lowest BCUT2D eigenvalue weighted by Gasteiger charge is -2.39. The number of fused-ring (bicyclic) bond motifs is 2. The first-order chi connectivity index (χ1) is 16.0. The summed E-state index contributed by atoms with van der Waals surface area (Å²) in [4.78, 5) is 51.9. The first-order valence-electron chi connectivity index (χ1n) is 10.5. The molecule has 178 valence electrons. The molecule has 2 aliphatic heterocycles. The summed E-state index contributed by atoms with van der Waals surface area (Å²) < 4.78 is 39.3. The SMILES string of the molecule is O=C(O)CCC(=O)N1CCN2C(=O)c3cc(-c4cccc(C(F)(F)F)c4)ccc3NC(=O)[C@@H]2C1. The Hall–Kier alpha value is -3.89. The van der Waals surface area contributed by atoms with E-state index in [0.29, 0.717) is 5.56 Å². The lowest BCUT2D eigenvalue weighted by atomic mass is 9.99. The zero-order chi connectivity index (χ0) is 24.6. The van der Waals surface area contributed by atoms with E-state index in [9.17, 15) is 32.3 Å². The Kier molecular flexibility index (Phi) is 6.03. The number of benzene rings is 2. The van der Waals surface area contributed by atoms with Gasteiger partial charge in [-0.05, 0) is 35.4 Å². The van der Waals surface area contributed by atoms with Gasteiger partial charge >= 0.3 is 12.1 Å². The molecular weight excluding hydrogens is 455 g/mol. The zero-order valence-corrected chi connectivity index (χ0v) is 17.8. The molecule has 4 rings (SSSR count). The molecule has 0 saturated carbocycles. The van der Waals surface area contributed by atoms with Gasteiger partial charge in [0, 0.05) is 19.5 Å². The van der Waals surface area contributed by atoms with Crippen LogP contribution in [0, 0.1) is 0 Å². The van der Waals surface area contributed by atoms with Crippen molar-refractivity contribution in [3.05, 3.63) is 53.6 Å². The minimum Gasteiger partial charge on any atom is -0.481 e. The molecule has 1 fully saturated rings. The van der Waals surface area contributed by atoms with Crippen LogP contribution in [0.4, 0.5) is 18.9 Å². The van der Waals surface area contributed by atoms with Gasteiger partial charge in [0.2, 0.25) is 11.8 Å². The lowest BCUT2D eigenvalue weighted by Crippen LogP contribution is -2.59.